The molecule has 0 aliphatic carbocycles. The Morgan fingerprint density at radius 1 is 0.708 bits per heavy atom. The average molecular weight is 325 g/mol. The number of rotatable bonds is 8. The molecule has 0 saturated heterocycles. The van der Waals surface area contributed by atoms with Crippen molar-refractivity contribution < 1.29 is 9.59 Å². The molecular formula is C19H23N3O2. The first-order valence-electron chi connectivity index (χ1n) is 8.14. The Morgan fingerprint density at radius 3 is 1.75 bits per heavy atom. The molecule has 2 aromatic rings. The number of benzene rings is 2. The first-order valence-corrected chi connectivity index (χ1v) is 8.14. The highest BCUT2D eigenvalue weighted by Crippen LogP contribution is 2.12. The predicted molar refractivity (Wildman–Crippen MR) is 97.6 cm³/mol. The summed E-state index contributed by atoms with van der Waals surface area (Å²) in [7, 11) is 0. The molecule has 126 valence electrons. The number of amides is 2. The fourth-order valence-corrected chi connectivity index (χ4v) is 2.28. The van der Waals surface area contributed by atoms with Crippen molar-refractivity contribution in [3.05, 3.63) is 54.6 Å². The van der Waals surface area contributed by atoms with Crippen LogP contribution in [0.2, 0.25) is 0 Å². The van der Waals surface area contributed by atoms with Crippen LogP contribution in [0.5, 0.6) is 0 Å². The molecule has 0 atom stereocenters. The average Bonchev–Trinajstić information content (AvgIpc) is 2.57. The molecule has 0 aromatic heterocycles. The second-order valence-corrected chi connectivity index (χ2v) is 5.65. The van der Waals surface area contributed by atoms with Crippen molar-refractivity contribution in [3.63, 3.8) is 0 Å². The molecule has 4 N–H and O–H groups in total. The number of nitrogen functional groups attached to an aromatic ring is 1. The van der Waals surface area contributed by atoms with E-state index in [-0.39, 0.29) is 11.8 Å². The van der Waals surface area contributed by atoms with Crippen LogP contribution in [0.25, 0.3) is 0 Å². The largest absolute Gasteiger partial charge is 0.399 e. The summed E-state index contributed by atoms with van der Waals surface area (Å²) in [4.78, 5) is 23.6. The van der Waals surface area contributed by atoms with Gasteiger partial charge in [-0.2, -0.15) is 0 Å². The van der Waals surface area contributed by atoms with E-state index in [0.717, 1.165) is 30.6 Å². The number of hydrogen-bond acceptors (Lipinski definition) is 3. The Balaban J connectivity index is 1.56. The number of unbranched alkanes of at least 4 members (excludes halogenated alkanes) is 2. The van der Waals surface area contributed by atoms with Gasteiger partial charge in [0.25, 0.3) is 0 Å². The quantitative estimate of drug-likeness (QED) is 0.510. The van der Waals surface area contributed by atoms with Crippen molar-refractivity contribution in [1.29, 1.82) is 0 Å². The van der Waals surface area contributed by atoms with E-state index in [1.165, 1.54) is 0 Å². The van der Waals surface area contributed by atoms with Crippen molar-refractivity contribution >= 4 is 28.9 Å². The highest BCUT2D eigenvalue weighted by atomic mass is 16.2. The van der Waals surface area contributed by atoms with Gasteiger partial charge in [0, 0.05) is 29.9 Å². The van der Waals surface area contributed by atoms with Crippen LogP contribution in [-0.2, 0) is 9.59 Å². The second kappa shape index (κ2) is 9.35. The number of para-hydroxylation sites is 1. The molecule has 24 heavy (non-hydrogen) atoms. The Bertz CT molecular complexity index is 654. The van der Waals surface area contributed by atoms with Crippen molar-refractivity contribution in [2.24, 2.45) is 0 Å². The van der Waals surface area contributed by atoms with Crippen LogP contribution in [-0.4, -0.2) is 11.8 Å². The third-order valence-electron chi connectivity index (χ3n) is 3.56. The third kappa shape index (κ3) is 6.52. The van der Waals surface area contributed by atoms with Gasteiger partial charge < -0.3 is 16.4 Å². The number of nitrogens with two attached hydrogens (primary N) is 1. The first-order chi connectivity index (χ1) is 11.6. The van der Waals surface area contributed by atoms with E-state index in [4.69, 9.17) is 5.73 Å². The van der Waals surface area contributed by atoms with E-state index in [9.17, 15) is 9.59 Å². The van der Waals surface area contributed by atoms with Gasteiger partial charge in [0.05, 0.1) is 0 Å². The minimum atomic E-state index is -0.0199. The van der Waals surface area contributed by atoms with Crippen LogP contribution < -0.4 is 16.4 Å². The summed E-state index contributed by atoms with van der Waals surface area (Å²) in [6, 6.07) is 16.5. The molecule has 0 aliphatic heterocycles. The summed E-state index contributed by atoms with van der Waals surface area (Å²) < 4.78 is 0. The van der Waals surface area contributed by atoms with E-state index in [0.29, 0.717) is 18.5 Å². The van der Waals surface area contributed by atoms with E-state index in [2.05, 4.69) is 10.6 Å². The zero-order valence-electron chi connectivity index (χ0n) is 13.6. The summed E-state index contributed by atoms with van der Waals surface area (Å²) in [5, 5.41) is 5.68. The topological polar surface area (TPSA) is 84.2 Å². The zero-order chi connectivity index (χ0) is 17.2. The Labute approximate surface area is 142 Å². The van der Waals surface area contributed by atoms with Gasteiger partial charge in [-0.1, -0.05) is 24.6 Å². The van der Waals surface area contributed by atoms with Gasteiger partial charge in [-0.05, 0) is 49.2 Å². The molecule has 5 heteroatoms. The molecule has 0 fully saturated rings. The van der Waals surface area contributed by atoms with Crippen LogP contribution in [0.1, 0.15) is 32.1 Å². The van der Waals surface area contributed by atoms with Gasteiger partial charge in [-0.15, -0.1) is 0 Å². The van der Waals surface area contributed by atoms with Gasteiger partial charge in [-0.25, -0.2) is 0 Å². The lowest BCUT2D eigenvalue weighted by atomic mass is 10.1. The molecule has 2 rings (SSSR count). The molecular weight excluding hydrogens is 302 g/mol. The van der Waals surface area contributed by atoms with Crippen molar-refractivity contribution in [2.45, 2.75) is 32.1 Å². The third-order valence-corrected chi connectivity index (χ3v) is 3.56. The maximum atomic E-state index is 11.8. The fourth-order valence-electron chi connectivity index (χ4n) is 2.28. The summed E-state index contributed by atoms with van der Waals surface area (Å²) >= 11 is 0. The number of carbonyl (C=O) groups is 2. The van der Waals surface area contributed by atoms with Crippen LogP contribution >= 0.6 is 0 Å². The maximum absolute atomic E-state index is 11.8. The summed E-state index contributed by atoms with van der Waals surface area (Å²) in [5.41, 5.74) is 7.82. The van der Waals surface area contributed by atoms with Gasteiger partial charge >= 0.3 is 0 Å². The standard InChI is InChI=1S/C19H23N3O2/c20-15-11-13-17(14-12-15)22-19(24)10-6-2-5-9-18(23)21-16-7-3-1-4-8-16/h1,3-4,7-8,11-14H,2,5-6,9-10,20H2,(H,21,23)(H,22,24). The molecule has 0 spiro atoms. The van der Waals surface area contributed by atoms with Crippen molar-refractivity contribution in [3.8, 4) is 0 Å². The highest BCUT2D eigenvalue weighted by molar-refractivity contribution is 5.91. The van der Waals surface area contributed by atoms with Gasteiger partial charge in [-0.3, -0.25) is 9.59 Å². The van der Waals surface area contributed by atoms with Gasteiger partial charge in [0.1, 0.15) is 0 Å². The van der Waals surface area contributed by atoms with Crippen LogP contribution in [0.4, 0.5) is 17.1 Å². The molecule has 0 heterocycles. The summed E-state index contributed by atoms with van der Waals surface area (Å²) in [6.07, 6.45) is 3.30. The minimum absolute atomic E-state index is 0.00697. The number of hydrogen-bond donors (Lipinski definition) is 3. The SMILES string of the molecule is Nc1ccc(NC(=O)CCCCCC(=O)Nc2ccccc2)cc1. The molecule has 2 amide bonds. The number of anilines is 3. The smallest absolute Gasteiger partial charge is 0.224 e. The van der Waals surface area contributed by atoms with Crippen LogP contribution in [0.15, 0.2) is 54.6 Å². The molecule has 0 unspecified atom stereocenters. The number of carbonyl (C=O) groups excluding carboxylic acids is 2. The van der Waals surface area contributed by atoms with E-state index < -0.39 is 0 Å². The Hall–Kier alpha value is -2.82. The summed E-state index contributed by atoms with van der Waals surface area (Å²) in [5.74, 6) is -0.0129. The maximum Gasteiger partial charge on any atom is 0.224 e. The Morgan fingerprint density at radius 2 is 1.21 bits per heavy atom. The molecule has 0 saturated carbocycles. The van der Waals surface area contributed by atoms with Crippen LogP contribution in [0.3, 0.4) is 0 Å². The molecule has 0 bridgehead atoms. The number of nitrogens with one attached hydrogen (secondary N) is 2. The molecule has 5 nitrogen and oxygen atoms in total. The molecule has 2 aromatic carbocycles. The lowest BCUT2D eigenvalue weighted by molar-refractivity contribution is -0.116. The predicted octanol–water partition coefficient (Wildman–Crippen LogP) is 3.80. The molecule has 0 aliphatic rings. The van der Waals surface area contributed by atoms with E-state index in [1.807, 2.05) is 30.3 Å². The highest BCUT2D eigenvalue weighted by Gasteiger charge is 2.04. The van der Waals surface area contributed by atoms with Crippen LogP contribution in [0, 0.1) is 0 Å². The Kier molecular flexibility index (Phi) is 6.83. The lowest BCUT2D eigenvalue weighted by Gasteiger charge is -2.06. The van der Waals surface area contributed by atoms with Gasteiger partial charge in [0.15, 0.2) is 0 Å². The summed E-state index contributed by atoms with van der Waals surface area (Å²) in [6.45, 7) is 0. The normalized spacial score (nSPS) is 10.2. The first kappa shape index (κ1) is 17.5. The molecule has 0 radical (unpaired) electrons. The minimum Gasteiger partial charge on any atom is -0.399 e. The van der Waals surface area contributed by atoms with E-state index >= 15 is 0 Å². The van der Waals surface area contributed by atoms with E-state index in [1.54, 1.807) is 24.3 Å². The second-order valence-electron chi connectivity index (χ2n) is 5.65. The lowest BCUT2D eigenvalue weighted by Crippen LogP contribution is -2.12. The van der Waals surface area contributed by atoms with Crippen molar-refractivity contribution in [1.82, 2.24) is 0 Å². The zero-order valence-corrected chi connectivity index (χ0v) is 13.6. The van der Waals surface area contributed by atoms with Crippen molar-refractivity contribution in [2.75, 3.05) is 16.4 Å². The van der Waals surface area contributed by atoms with Gasteiger partial charge in [0.2, 0.25) is 11.8 Å². The fraction of sp³-hybridized carbons (Fsp3) is 0.263. The monoisotopic (exact) mass is 325 g/mol.